The SMILES string of the molecule is CNc1ccc(-c2cscn2)nn1. The van der Waals surface area contributed by atoms with Crippen LogP contribution >= 0.6 is 11.3 Å². The highest BCUT2D eigenvalue weighted by Crippen LogP contribution is 2.16. The summed E-state index contributed by atoms with van der Waals surface area (Å²) in [7, 11) is 1.81. The summed E-state index contributed by atoms with van der Waals surface area (Å²) < 4.78 is 0. The molecule has 0 aliphatic heterocycles. The Morgan fingerprint density at radius 1 is 1.23 bits per heavy atom. The summed E-state index contributed by atoms with van der Waals surface area (Å²) in [4.78, 5) is 4.14. The average molecular weight is 192 g/mol. The van der Waals surface area contributed by atoms with Crippen molar-refractivity contribution in [3.8, 4) is 11.4 Å². The number of aromatic nitrogens is 3. The maximum Gasteiger partial charge on any atom is 0.148 e. The molecular weight excluding hydrogens is 184 g/mol. The molecule has 0 fully saturated rings. The largest absolute Gasteiger partial charge is 0.372 e. The van der Waals surface area contributed by atoms with Crippen molar-refractivity contribution in [1.82, 2.24) is 15.2 Å². The minimum atomic E-state index is 0.763. The molecule has 0 saturated carbocycles. The third-order valence-corrected chi connectivity index (χ3v) is 2.20. The lowest BCUT2D eigenvalue weighted by atomic mass is 10.3. The lowest BCUT2D eigenvalue weighted by Crippen LogP contribution is -1.94. The second-order valence-electron chi connectivity index (χ2n) is 2.43. The highest BCUT2D eigenvalue weighted by atomic mass is 32.1. The molecular formula is C8H8N4S. The molecule has 0 atom stereocenters. The van der Waals surface area contributed by atoms with E-state index in [0.29, 0.717) is 0 Å². The first kappa shape index (κ1) is 8.12. The molecule has 0 bridgehead atoms. The van der Waals surface area contributed by atoms with Gasteiger partial charge in [-0.15, -0.1) is 21.5 Å². The Bertz CT molecular complexity index is 368. The zero-order valence-electron chi connectivity index (χ0n) is 7.06. The van der Waals surface area contributed by atoms with E-state index in [2.05, 4.69) is 20.5 Å². The fourth-order valence-electron chi connectivity index (χ4n) is 0.941. The van der Waals surface area contributed by atoms with Gasteiger partial charge < -0.3 is 5.32 Å². The van der Waals surface area contributed by atoms with Crippen LogP contribution in [0.15, 0.2) is 23.0 Å². The minimum absolute atomic E-state index is 0.763. The van der Waals surface area contributed by atoms with E-state index in [1.54, 1.807) is 16.8 Å². The molecule has 2 rings (SSSR count). The molecule has 0 aliphatic carbocycles. The number of nitrogens with one attached hydrogen (secondary N) is 1. The number of hydrogen-bond acceptors (Lipinski definition) is 5. The minimum Gasteiger partial charge on any atom is -0.372 e. The van der Waals surface area contributed by atoms with E-state index in [1.807, 2.05) is 24.6 Å². The summed E-state index contributed by atoms with van der Waals surface area (Å²) in [5.74, 6) is 0.763. The van der Waals surface area contributed by atoms with Gasteiger partial charge >= 0.3 is 0 Å². The number of rotatable bonds is 2. The van der Waals surface area contributed by atoms with Gasteiger partial charge in [-0.3, -0.25) is 0 Å². The summed E-state index contributed by atoms with van der Waals surface area (Å²) in [6.07, 6.45) is 0. The van der Waals surface area contributed by atoms with Crippen LogP contribution in [0.1, 0.15) is 0 Å². The van der Waals surface area contributed by atoms with Crippen molar-refractivity contribution in [3.05, 3.63) is 23.0 Å². The number of anilines is 1. The Morgan fingerprint density at radius 2 is 2.15 bits per heavy atom. The predicted octanol–water partition coefficient (Wildman–Crippen LogP) is 1.64. The Hall–Kier alpha value is -1.49. The number of nitrogens with zero attached hydrogens (tertiary/aromatic N) is 3. The third kappa shape index (κ3) is 1.65. The van der Waals surface area contributed by atoms with Crippen LogP contribution in [0.25, 0.3) is 11.4 Å². The van der Waals surface area contributed by atoms with Gasteiger partial charge in [0, 0.05) is 12.4 Å². The molecule has 5 heteroatoms. The second kappa shape index (κ2) is 3.49. The van der Waals surface area contributed by atoms with Crippen molar-refractivity contribution in [2.45, 2.75) is 0 Å². The van der Waals surface area contributed by atoms with Crippen molar-refractivity contribution in [3.63, 3.8) is 0 Å². The van der Waals surface area contributed by atoms with Gasteiger partial charge in [0.2, 0.25) is 0 Å². The van der Waals surface area contributed by atoms with E-state index in [-0.39, 0.29) is 0 Å². The van der Waals surface area contributed by atoms with Crippen LogP contribution in [0.4, 0.5) is 5.82 Å². The maximum atomic E-state index is 4.14. The van der Waals surface area contributed by atoms with E-state index in [1.165, 1.54) is 0 Å². The van der Waals surface area contributed by atoms with Crippen molar-refractivity contribution in [1.29, 1.82) is 0 Å². The van der Waals surface area contributed by atoms with Gasteiger partial charge in [0.15, 0.2) is 0 Å². The highest BCUT2D eigenvalue weighted by molar-refractivity contribution is 7.07. The van der Waals surface area contributed by atoms with E-state index in [0.717, 1.165) is 17.2 Å². The summed E-state index contributed by atoms with van der Waals surface area (Å²) in [5.41, 5.74) is 3.46. The van der Waals surface area contributed by atoms with Crippen molar-refractivity contribution < 1.29 is 0 Å². The molecule has 2 aromatic heterocycles. The zero-order valence-corrected chi connectivity index (χ0v) is 7.88. The predicted molar refractivity (Wildman–Crippen MR) is 52.7 cm³/mol. The summed E-state index contributed by atoms with van der Waals surface area (Å²) >= 11 is 1.55. The Labute approximate surface area is 79.7 Å². The van der Waals surface area contributed by atoms with Gasteiger partial charge in [-0.25, -0.2) is 4.98 Å². The van der Waals surface area contributed by atoms with Crippen LogP contribution in [-0.2, 0) is 0 Å². The topological polar surface area (TPSA) is 50.7 Å². The third-order valence-electron chi connectivity index (χ3n) is 1.62. The van der Waals surface area contributed by atoms with Gasteiger partial charge in [-0.05, 0) is 12.1 Å². The van der Waals surface area contributed by atoms with Crippen molar-refractivity contribution in [2.75, 3.05) is 12.4 Å². The quantitative estimate of drug-likeness (QED) is 0.786. The van der Waals surface area contributed by atoms with E-state index < -0.39 is 0 Å². The molecule has 2 aromatic rings. The van der Waals surface area contributed by atoms with E-state index in [9.17, 15) is 0 Å². The summed E-state index contributed by atoms with van der Waals surface area (Å²) in [5, 5.41) is 12.8. The molecule has 4 nitrogen and oxygen atoms in total. The normalized spacial score (nSPS) is 9.92. The standard InChI is InChI=1S/C8H8N4S/c1-9-8-3-2-6(11-12-8)7-4-13-5-10-7/h2-5H,1H3,(H,9,12). The molecule has 0 spiro atoms. The number of hydrogen-bond donors (Lipinski definition) is 1. The Morgan fingerprint density at radius 3 is 2.69 bits per heavy atom. The van der Waals surface area contributed by atoms with Gasteiger partial charge in [-0.1, -0.05) is 0 Å². The lowest BCUT2D eigenvalue weighted by Gasteiger charge is -1.97. The fraction of sp³-hybridized carbons (Fsp3) is 0.125. The van der Waals surface area contributed by atoms with Gasteiger partial charge in [0.05, 0.1) is 5.51 Å². The van der Waals surface area contributed by atoms with Crippen molar-refractivity contribution in [2.24, 2.45) is 0 Å². The zero-order chi connectivity index (χ0) is 9.10. The molecule has 13 heavy (non-hydrogen) atoms. The fourth-order valence-corrected chi connectivity index (χ4v) is 1.49. The van der Waals surface area contributed by atoms with Crippen LogP contribution < -0.4 is 5.32 Å². The molecule has 0 amide bonds. The monoisotopic (exact) mass is 192 g/mol. The van der Waals surface area contributed by atoms with Crippen LogP contribution in [0.5, 0.6) is 0 Å². The molecule has 66 valence electrons. The molecule has 0 unspecified atom stereocenters. The molecule has 0 saturated heterocycles. The first-order chi connectivity index (χ1) is 6.40. The smallest absolute Gasteiger partial charge is 0.148 e. The van der Waals surface area contributed by atoms with E-state index in [4.69, 9.17) is 0 Å². The molecule has 0 radical (unpaired) electrons. The maximum absolute atomic E-state index is 4.14. The average Bonchev–Trinajstić information content (AvgIpc) is 2.71. The highest BCUT2D eigenvalue weighted by Gasteiger charge is 2.01. The van der Waals surface area contributed by atoms with Crippen molar-refractivity contribution >= 4 is 17.2 Å². The summed E-state index contributed by atoms with van der Waals surface area (Å²) in [6, 6.07) is 3.77. The van der Waals surface area contributed by atoms with Crippen LogP contribution in [0.2, 0.25) is 0 Å². The van der Waals surface area contributed by atoms with E-state index >= 15 is 0 Å². The molecule has 0 aliphatic rings. The molecule has 1 N–H and O–H groups in total. The van der Waals surface area contributed by atoms with Gasteiger partial charge in [0.1, 0.15) is 17.2 Å². The van der Waals surface area contributed by atoms with Crippen LogP contribution in [-0.4, -0.2) is 22.2 Å². The molecule has 2 heterocycles. The first-order valence-corrected chi connectivity index (χ1v) is 4.74. The first-order valence-electron chi connectivity index (χ1n) is 3.80. The van der Waals surface area contributed by atoms with Gasteiger partial charge in [-0.2, -0.15) is 0 Å². The number of thiazole rings is 1. The molecule has 0 aromatic carbocycles. The second-order valence-corrected chi connectivity index (χ2v) is 3.15. The van der Waals surface area contributed by atoms with Gasteiger partial charge in [0.25, 0.3) is 0 Å². The lowest BCUT2D eigenvalue weighted by molar-refractivity contribution is 1.03. The van der Waals surface area contributed by atoms with Crippen LogP contribution in [0, 0.1) is 0 Å². The van der Waals surface area contributed by atoms with Crippen LogP contribution in [0.3, 0.4) is 0 Å². The summed E-state index contributed by atoms with van der Waals surface area (Å²) in [6.45, 7) is 0. The Kier molecular flexibility index (Phi) is 2.18. The Balaban J connectivity index is 2.33.